The first kappa shape index (κ1) is 11.9. The maximum absolute atomic E-state index is 11.8. The Labute approximate surface area is 96.0 Å². The number of amides is 1. The summed E-state index contributed by atoms with van der Waals surface area (Å²) in [7, 11) is -3.29. The molecule has 2 fully saturated rings. The molecule has 92 valence electrons. The lowest BCUT2D eigenvalue weighted by molar-refractivity contribution is -0.120. The number of hydrogen-bond acceptors (Lipinski definition) is 3. The minimum Gasteiger partial charge on any atom is -0.355 e. The summed E-state index contributed by atoms with van der Waals surface area (Å²) in [4.78, 5) is 11.3. The molecule has 1 unspecified atom stereocenters. The molecule has 1 heterocycles. The van der Waals surface area contributed by atoms with Crippen LogP contribution in [0.3, 0.4) is 0 Å². The lowest BCUT2D eigenvalue weighted by Gasteiger charge is -2.13. The Morgan fingerprint density at radius 3 is 2.50 bits per heavy atom. The first-order valence-electron chi connectivity index (χ1n) is 5.84. The Kier molecular flexibility index (Phi) is 3.49. The molecular formula is C10H18N2O3S. The number of rotatable bonds is 4. The van der Waals surface area contributed by atoms with Crippen LogP contribution in [0.1, 0.15) is 32.1 Å². The fourth-order valence-corrected chi connectivity index (χ4v) is 4.17. The predicted molar refractivity (Wildman–Crippen MR) is 60.3 cm³/mol. The molecule has 0 spiro atoms. The van der Waals surface area contributed by atoms with Gasteiger partial charge in [0.2, 0.25) is 15.9 Å². The van der Waals surface area contributed by atoms with Crippen molar-refractivity contribution in [2.45, 2.75) is 38.1 Å². The second-order valence-electron chi connectivity index (χ2n) is 4.68. The molecule has 6 heteroatoms. The van der Waals surface area contributed by atoms with E-state index >= 15 is 0 Å². The molecule has 0 bridgehead atoms. The van der Waals surface area contributed by atoms with Gasteiger partial charge in [0.15, 0.2) is 0 Å². The smallest absolute Gasteiger partial charge is 0.238 e. The molecule has 0 radical (unpaired) electrons. The van der Waals surface area contributed by atoms with E-state index in [0.29, 0.717) is 13.0 Å². The Hall–Kier alpha value is -0.620. The Morgan fingerprint density at radius 1 is 1.25 bits per heavy atom. The number of nitrogens with one attached hydrogen (secondary N) is 2. The molecule has 0 aromatic rings. The summed E-state index contributed by atoms with van der Waals surface area (Å²) in [6, 6.07) is -0.550. The quantitative estimate of drug-likeness (QED) is 0.732. The first-order chi connectivity index (χ1) is 7.57. The summed E-state index contributed by atoms with van der Waals surface area (Å²) in [5.74, 6) is 0.258. The Balaban J connectivity index is 1.89. The third-order valence-electron chi connectivity index (χ3n) is 3.30. The normalized spacial score (nSPS) is 27.2. The van der Waals surface area contributed by atoms with E-state index in [1.165, 1.54) is 0 Å². The van der Waals surface area contributed by atoms with E-state index in [1.54, 1.807) is 0 Å². The molecule has 16 heavy (non-hydrogen) atoms. The number of carbonyl (C=O) groups excluding carboxylic acids is 1. The van der Waals surface area contributed by atoms with Crippen LogP contribution in [0.2, 0.25) is 0 Å². The van der Waals surface area contributed by atoms with Gasteiger partial charge in [0, 0.05) is 6.54 Å². The summed E-state index contributed by atoms with van der Waals surface area (Å²) in [5.41, 5.74) is 0. The third-order valence-corrected chi connectivity index (χ3v) is 4.85. The summed E-state index contributed by atoms with van der Waals surface area (Å²) in [6.45, 7) is 0.565. The lowest BCUT2D eigenvalue weighted by Crippen LogP contribution is -2.42. The van der Waals surface area contributed by atoms with Crippen LogP contribution in [0.4, 0.5) is 0 Å². The number of hydrogen-bond donors (Lipinski definition) is 2. The first-order valence-corrected chi connectivity index (χ1v) is 7.50. The van der Waals surface area contributed by atoms with Crippen molar-refractivity contribution in [1.82, 2.24) is 10.0 Å². The highest BCUT2D eigenvalue weighted by molar-refractivity contribution is 7.89. The number of sulfonamides is 1. The van der Waals surface area contributed by atoms with Gasteiger partial charge >= 0.3 is 0 Å². The second-order valence-corrected chi connectivity index (χ2v) is 6.48. The standard InChI is InChI=1S/C10H18N2O3S/c13-10-9(5-6-11-10)12-16(14,15)7-8-3-1-2-4-8/h8-9,12H,1-7H2,(H,11,13). The van der Waals surface area contributed by atoms with E-state index in [0.717, 1.165) is 25.7 Å². The highest BCUT2D eigenvalue weighted by Crippen LogP contribution is 2.25. The van der Waals surface area contributed by atoms with Crippen LogP contribution in [0.25, 0.3) is 0 Å². The van der Waals surface area contributed by atoms with Gasteiger partial charge in [0.1, 0.15) is 6.04 Å². The van der Waals surface area contributed by atoms with Gasteiger partial charge in [0.25, 0.3) is 0 Å². The molecule has 1 atom stereocenters. The Bertz CT molecular complexity index is 360. The molecule has 1 aliphatic heterocycles. The molecule has 2 rings (SSSR count). The summed E-state index contributed by atoms with van der Waals surface area (Å²) in [6.07, 6.45) is 4.81. The molecule has 1 amide bonds. The van der Waals surface area contributed by atoms with Gasteiger partial charge in [-0.25, -0.2) is 13.1 Å². The Morgan fingerprint density at radius 2 is 1.94 bits per heavy atom. The highest BCUT2D eigenvalue weighted by Gasteiger charge is 2.30. The van der Waals surface area contributed by atoms with Gasteiger partial charge in [0.05, 0.1) is 5.75 Å². The van der Waals surface area contributed by atoms with E-state index in [9.17, 15) is 13.2 Å². The minimum absolute atomic E-state index is 0.177. The van der Waals surface area contributed by atoms with Crippen LogP contribution < -0.4 is 10.0 Å². The largest absolute Gasteiger partial charge is 0.355 e. The van der Waals surface area contributed by atoms with Crippen molar-refractivity contribution in [1.29, 1.82) is 0 Å². The molecule has 0 aromatic heterocycles. The number of carbonyl (C=O) groups is 1. The van der Waals surface area contributed by atoms with Crippen LogP contribution in [-0.4, -0.2) is 32.7 Å². The second kappa shape index (κ2) is 4.71. The molecule has 2 N–H and O–H groups in total. The zero-order valence-corrected chi connectivity index (χ0v) is 10.1. The summed E-state index contributed by atoms with van der Waals surface area (Å²) < 4.78 is 26.1. The van der Waals surface area contributed by atoms with Crippen LogP contribution in [0.15, 0.2) is 0 Å². The van der Waals surface area contributed by atoms with Gasteiger partial charge < -0.3 is 5.32 Å². The van der Waals surface area contributed by atoms with Crippen molar-refractivity contribution in [3.63, 3.8) is 0 Å². The van der Waals surface area contributed by atoms with Crippen molar-refractivity contribution in [2.75, 3.05) is 12.3 Å². The average molecular weight is 246 g/mol. The molecule has 0 aromatic carbocycles. The molecular weight excluding hydrogens is 228 g/mol. The highest BCUT2D eigenvalue weighted by atomic mass is 32.2. The average Bonchev–Trinajstić information content (AvgIpc) is 2.78. The molecule has 1 saturated carbocycles. The van der Waals surface area contributed by atoms with Crippen LogP contribution in [0, 0.1) is 5.92 Å². The van der Waals surface area contributed by atoms with E-state index in [4.69, 9.17) is 0 Å². The van der Waals surface area contributed by atoms with Crippen molar-refractivity contribution in [3.8, 4) is 0 Å². The minimum atomic E-state index is -3.29. The van der Waals surface area contributed by atoms with Gasteiger partial charge in [-0.2, -0.15) is 0 Å². The zero-order valence-electron chi connectivity index (χ0n) is 9.24. The zero-order chi connectivity index (χ0) is 11.6. The van der Waals surface area contributed by atoms with Gasteiger partial charge in [-0.3, -0.25) is 4.79 Å². The van der Waals surface area contributed by atoms with E-state index in [2.05, 4.69) is 10.0 Å². The topological polar surface area (TPSA) is 75.3 Å². The monoisotopic (exact) mass is 246 g/mol. The van der Waals surface area contributed by atoms with E-state index in [-0.39, 0.29) is 17.6 Å². The van der Waals surface area contributed by atoms with Crippen molar-refractivity contribution in [2.24, 2.45) is 5.92 Å². The fraction of sp³-hybridized carbons (Fsp3) is 0.900. The molecule has 2 aliphatic rings. The van der Waals surface area contributed by atoms with Crippen LogP contribution in [0.5, 0.6) is 0 Å². The fourth-order valence-electron chi connectivity index (χ4n) is 2.46. The van der Waals surface area contributed by atoms with Crippen molar-refractivity contribution >= 4 is 15.9 Å². The SMILES string of the molecule is O=C1NCCC1NS(=O)(=O)CC1CCCC1. The van der Waals surface area contributed by atoms with Gasteiger partial charge in [-0.05, 0) is 25.2 Å². The van der Waals surface area contributed by atoms with Gasteiger partial charge in [-0.1, -0.05) is 12.8 Å². The maximum atomic E-state index is 11.8. The summed E-state index contributed by atoms with van der Waals surface area (Å²) >= 11 is 0. The maximum Gasteiger partial charge on any atom is 0.238 e. The van der Waals surface area contributed by atoms with Crippen LogP contribution >= 0.6 is 0 Å². The van der Waals surface area contributed by atoms with Gasteiger partial charge in [-0.15, -0.1) is 0 Å². The van der Waals surface area contributed by atoms with E-state index in [1.807, 2.05) is 0 Å². The van der Waals surface area contributed by atoms with Crippen molar-refractivity contribution < 1.29 is 13.2 Å². The summed E-state index contributed by atoms with van der Waals surface area (Å²) in [5, 5.41) is 2.62. The third kappa shape index (κ3) is 2.95. The van der Waals surface area contributed by atoms with Crippen molar-refractivity contribution in [3.05, 3.63) is 0 Å². The van der Waals surface area contributed by atoms with Crippen LogP contribution in [-0.2, 0) is 14.8 Å². The lowest BCUT2D eigenvalue weighted by atomic mass is 10.1. The van der Waals surface area contributed by atoms with E-state index < -0.39 is 16.1 Å². The molecule has 1 saturated heterocycles. The molecule has 5 nitrogen and oxygen atoms in total. The predicted octanol–water partition coefficient (Wildman–Crippen LogP) is -0.0155. The molecule has 1 aliphatic carbocycles.